The molecular formula is C16H31N3O3. The smallest absolute Gasteiger partial charge is 0.223 e. The molecule has 2 unspecified atom stereocenters. The minimum absolute atomic E-state index is 0. The van der Waals surface area contributed by atoms with E-state index >= 15 is 0 Å². The molecule has 1 rings (SSSR count). The first-order valence-corrected chi connectivity index (χ1v) is 8.11. The van der Waals surface area contributed by atoms with Gasteiger partial charge in [0.15, 0.2) is 6.40 Å². The average Bonchev–Trinajstić information content (AvgIpc) is 2.51. The molecule has 6 heteroatoms. The van der Waals surface area contributed by atoms with Crippen LogP contribution >= 0.6 is 0 Å². The highest BCUT2D eigenvalue weighted by molar-refractivity contribution is 5.89. The molecule has 0 bridgehead atoms. The van der Waals surface area contributed by atoms with Crippen molar-refractivity contribution >= 4 is 18.2 Å². The van der Waals surface area contributed by atoms with Gasteiger partial charge in [-0.05, 0) is 25.7 Å². The van der Waals surface area contributed by atoms with Gasteiger partial charge < -0.3 is 14.8 Å². The van der Waals surface area contributed by atoms with Crippen molar-refractivity contribution in [2.45, 2.75) is 65.0 Å². The van der Waals surface area contributed by atoms with Crippen LogP contribution in [-0.2, 0) is 14.3 Å². The molecular weight excluding hydrogens is 282 g/mol. The van der Waals surface area contributed by atoms with Crippen molar-refractivity contribution in [1.29, 1.82) is 10.8 Å². The molecule has 0 aromatic heterocycles. The molecule has 0 aromatic rings. The Bertz CT molecular complexity index is 385. The van der Waals surface area contributed by atoms with Crippen molar-refractivity contribution in [2.75, 3.05) is 6.61 Å². The fourth-order valence-corrected chi connectivity index (χ4v) is 2.59. The molecule has 6 nitrogen and oxygen atoms in total. The van der Waals surface area contributed by atoms with Crippen LogP contribution in [0.25, 0.3) is 0 Å². The summed E-state index contributed by atoms with van der Waals surface area (Å²) in [7, 11) is 0. The molecule has 0 aromatic carbocycles. The van der Waals surface area contributed by atoms with Crippen LogP contribution in [0, 0.1) is 22.7 Å². The summed E-state index contributed by atoms with van der Waals surface area (Å²) in [6.45, 7) is 6.06. The Kier molecular flexibility index (Phi) is 8.09. The van der Waals surface area contributed by atoms with Gasteiger partial charge in [-0.2, -0.15) is 0 Å². The summed E-state index contributed by atoms with van der Waals surface area (Å²) in [5.74, 6) is 0.0629. The molecule has 1 aliphatic carbocycles. The van der Waals surface area contributed by atoms with Gasteiger partial charge in [0.25, 0.3) is 0 Å². The summed E-state index contributed by atoms with van der Waals surface area (Å²) in [5, 5.41) is 17.6. The van der Waals surface area contributed by atoms with Gasteiger partial charge in [0.05, 0.1) is 6.10 Å². The molecule has 1 fully saturated rings. The predicted molar refractivity (Wildman–Crippen MR) is 88.5 cm³/mol. The van der Waals surface area contributed by atoms with E-state index in [4.69, 9.17) is 20.3 Å². The lowest BCUT2D eigenvalue weighted by Gasteiger charge is -2.28. The van der Waals surface area contributed by atoms with Crippen molar-refractivity contribution in [3.63, 3.8) is 0 Å². The second-order valence-corrected chi connectivity index (χ2v) is 6.28. The number of hydrogen-bond acceptors (Lipinski definition) is 5. The average molecular weight is 313 g/mol. The SMILES string of the molecule is CC(C)C(=O)NC(C(=N)OC=N)C(C)OCC1CCCCC1.[HH]. The van der Waals surface area contributed by atoms with Gasteiger partial charge in [-0.3, -0.25) is 15.6 Å². The van der Waals surface area contributed by atoms with Gasteiger partial charge in [0.1, 0.15) is 6.04 Å². The van der Waals surface area contributed by atoms with Crippen LogP contribution in [0.2, 0.25) is 0 Å². The second kappa shape index (κ2) is 9.56. The van der Waals surface area contributed by atoms with Crippen LogP contribution in [0.5, 0.6) is 0 Å². The van der Waals surface area contributed by atoms with Crippen LogP contribution in [0.15, 0.2) is 0 Å². The Labute approximate surface area is 134 Å². The van der Waals surface area contributed by atoms with Crippen LogP contribution < -0.4 is 5.32 Å². The number of ether oxygens (including phenoxy) is 2. The van der Waals surface area contributed by atoms with Crippen LogP contribution in [0.4, 0.5) is 0 Å². The molecule has 1 aliphatic rings. The third kappa shape index (κ3) is 6.13. The fourth-order valence-electron chi connectivity index (χ4n) is 2.59. The van der Waals surface area contributed by atoms with Crippen molar-refractivity contribution in [1.82, 2.24) is 5.32 Å². The second-order valence-electron chi connectivity index (χ2n) is 6.28. The highest BCUT2D eigenvalue weighted by atomic mass is 16.5. The number of rotatable bonds is 8. The Morgan fingerprint density at radius 1 is 1.32 bits per heavy atom. The first kappa shape index (κ1) is 18.6. The zero-order valence-corrected chi connectivity index (χ0v) is 13.9. The lowest BCUT2D eigenvalue weighted by molar-refractivity contribution is -0.125. The van der Waals surface area contributed by atoms with Crippen molar-refractivity contribution in [3.05, 3.63) is 0 Å². The maximum atomic E-state index is 11.9. The maximum Gasteiger partial charge on any atom is 0.223 e. The maximum absolute atomic E-state index is 11.9. The first-order chi connectivity index (χ1) is 10.5. The van der Waals surface area contributed by atoms with Gasteiger partial charge >= 0.3 is 0 Å². The molecule has 128 valence electrons. The number of amides is 1. The van der Waals surface area contributed by atoms with E-state index in [1.807, 2.05) is 6.92 Å². The molecule has 1 saturated carbocycles. The highest BCUT2D eigenvalue weighted by Gasteiger charge is 2.28. The molecule has 0 aliphatic heterocycles. The fraction of sp³-hybridized carbons (Fsp3) is 0.812. The van der Waals surface area contributed by atoms with Gasteiger partial charge in [0.2, 0.25) is 11.8 Å². The number of carbonyl (C=O) groups excluding carboxylic acids is 1. The topological polar surface area (TPSA) is 95.3 Å². The van der Waals surface area contributed by atoms with Gasteiger partial charge in [-0.15, -0.1) is 0 Å². The molecule has 0 heterocycles. The standard InChI is InChI=1S/C16H29N3O3.H2/c1-11(2)16(20)19-14(15(18)22-10-17)12(3)21-9-13-7-5-4-6-8-13;/h10-14,17-18H,4-9H2,1-3H3,(H,19,20);1H. The van der Waals surface area contributed by atoms with Crippen molar-refractivity contribution < 1.29 is 15.7 Å². The minimum Gasteiger partial charge on any atom is -0.430 e. The van der Waals surface area contributed by atoms with Crippen LogP contribution in [-0.4, -0.2) is 37.0 Å². The number of nitrogens with one attached hydrogen (secondary N) is 3. The van der Waals surface area contributed by atoms with E-state index in [-0.39, 0.29) is 25.3 Å². The van der Waals surface area contributed by atoms with E-state index in [2.05, 4.69) is 5.32 Å². The van der Waals surface area contributed by atoms with Gasteiger partial charge in [-0.25, -0.2) is 0 Å². The molecule has 22 heavy (non-hydrogen) atoms. The summed E-state index contributed by atoms with van der Waals surface area (Å²) < 4.78 is 10.7. The van der Waals surface area contributed by atoms with E-state index in [0.717, 1.165) is 0 Å². The lowest BCUT2D eigenvalue weighted by atomic mass is 9.90. The van der Waals surface area contributed by atoms with Crippen LogP contribution in [0.3, 0.4) is 0 Å². The van der Waals surface area contributed by atoms with E-state index < -0.39 is 6.04 Å². The zero-order valence-electron chi connectivity index (χ0n) is 13.9. The minimum atomic E-state index is -0.667. The summed E-state index contributed by atoms with van der Waals surface area (Å²) in [4.78, 5) is 11.9. The molecule has 0 spiro atoms. The van der Waals surface area contributed by atoms with Crippen molar-refractivity contribution in [3.8, 4) is 0 Å². The van der Waals surface area contributed by atoms with Gasteiger partial charge in [0, 0.05) is 14.0 Å². The van der Waals surface area contributed by atoms with Crippen LogP contribution in [0.1, 0.15) is 54.3 Å². The normalized spacial score (nSPS) is 18.5. The number of hydrogen-bond donors (Lipinski definition) is 3. The third-order valence-corrected chi connectivity index (χ3v) is 4.08. The largest absolute Gasteiger partial charge is 0.430 e. The first-order valence-electron chi connectivity index (χ1n) is 8.11. The molecule has 3 N–H and O–H groups in total. The van der Waals surface area contributed by atoms with Crippen molar-refractivity contribution in [2.24, 2.45) is 11.8 Å². The third-order valence-electron chi connectivity index (χ3n) is 4.08. The highest BCUT2D eigenvalue weighted by Crippen LogP contribution is 2.24. The predicted octanol–water partition coefficient (Wildman–Crippen LogP) is 2.96. The molecule has 2 atom stereocenters. The van der Waals surface area contributed by atoms with Gasteiger partial charge in [-0.1, -0.05) is 33.1 Å². The summed E-state index contributed by atoms with van der Waals surface area (Å²) in [6.07, 6.45) is 6.51. The summed E-state index contributed by atoms with van der Waals surface area (Å²) in [5.41, 5.74) is 0. The Balaban J connectivity index is 0.00000484. The number of carbonyl (C=O) groups is 1. The lowest BCUT2D eigenvalue weighted by Crippen LogP contribution is -2.50. The Morgan fingerprint density at radius 2 is 1.95 bits per heavy atom. The van der Waals surface area contributed by atoms with E-state index in [9.17, 15) is 4.79 Å². The summed E-state index contributed by atoms with van der Waals surface area (Å²) >= 11 is 0. The molecule has 0 radical (unpaired) electrons. The summed E-state index contributed by atoms with van der Waals surface area (Å²) in [6, 6.07) is -0.667. The zero-order chi connectivity index (χ0) is 16.5. The quantitative estimate of drug-likeness (QED) is 0.475. The van der Waals surface area contributed by atoms with E-state index in [1.54, 1.807) is 13.8 Å². The van der Waals surface area contributed by atoms with E-state index in [0.29, 0.717) is 18.9 Å². The Hall–Kier alpha value is -1.43. The van der Waals surface area contributed by atoms with E-state index in [1.165, 1.54) is 32.1 Å². The molecule has 1 amide bonds. The monoisotopic (exact) mass is 313 g/mol. The molecule has 0 saturated heterocycles. The Morgan fingerprint density at radius 3 is 2.50 bits per heavy atom.